The number of fused-ring (bicyclic) bond motifs is 2. The number of nitrogens with zero attached hydrogens (tertiary/aromatic N) is 3. The number of allylic oxidation sites excluding steroid dienone is 1. The summed E-state index contributed by atoms with van der Waals surface area (Å²) in [5, 5.41) is 0. The molecule has 6 rings (SSSR count). The lowest BCUT2D eigenvalue weighted by atomic mass is 9.87. The summed E-state index contributed by atoms with van der Waals surface area (Å²) < 4.78 is 7.76. The zero-order valence-corrected chi connectivity index (χ0v) is 21.6. The lowest BCUT2D eigenvalue weighted by Gasteiger charge is -2.18. The lowest BCUT2D eigenvalue weighted by molar-refractivity contribution is 0.317. The van der Waals surface area contributed by atoms with E-state index in [0.29, 0.717) is 0 Å². The van der Waals surface area contributed by atoms with Crippen LogP contribution in [0.4, 0.5) is 0 Å². The highest BCUT2D eigenvalue weighted by atomic mass is 16.5. The van der Waals surface area contributed by atoms with E-state index in [0.717, 1.165) is 48.8 Å². The second kappa shape index (κ2) is 9.59. The normalized spacial score (nSPS) is 18.5. The zero-order chi connectivity index (χ0) is 24.6. The number of methoxy groups -OCH3 is 1. The van der Waals surface area contributed by atoms with Gasteiger partial charge >= 0.3 is 0 Å². The monoisotopic (exact) mass is 477 g/mol. The van der Waals surface area contributed by atoms with Crippen LogP contribution in [0.15, 0.2) is 67.0 Å². The van der Waals surface area contributed by atoms with Crippen molar-refractivity contribution in [2.45, 2.75) is 46.1 Å². The molecule has 0 saturated carbocycles. The van der Waals surface area contributed by atoms with Crippen molar-refractivity contribution in [1.82, 2.24) is 14.3 Å². The summed E-state index contributed by atoms with van der Waals surface area (Å²) >= 11 is 0. The van der Waals surface area contributed by atoms with Gasteiger partial charge in [0.1, 0.15) is 11.4 Å². The molecule has 1 atom stereocenters. The van der Waals surface area contributed by atoms with E-state index in [-0.39, 0.29) is 0 Å². The fourth-order valence-corrected chi connectivity index (χ4v) is 6.07. The van der Waals surface area contributed by atoms with Crippen LogP contribution in [0.2, 0.25) is 0 Å². The molecule has 4 nitrogen and oxygen atoms in total. The van der Waals surface area contributed by atoms with Crippen molar-refractivity contribution >= 4 is 16.8 Å². The molecule has 2 aliphatic rings. The Morgan fingerprint density at radius 2 is 1.92 bits per heavy atom. The van der Waals surface area contributed by atoms with Gasteiger partial charge in [0, 0.05) is 25.5 Å². The predicted octanol–water partition coefficient (Wildman–Crippen LogP) is 6.79. The quantitative estimate of drug-likeness (QED) is 0.317. The number of rotatable bonds is 5. The molecule has 3 heterocycles. The Labute approximate surface area is 214 Å². The largest absolute Gasteiger partial charge is 0.497 e. The van der Waals surface area contributed by atoms with Crippen LogP contribution in [0.1, 0.15) is 59.7 Å². The summed E-state index contributed by atoms with van der Waals surface area (Å²) in [7, 11) is 1.75. The summed E-state index contributed by atoms with van der Waals surface area (Å²) in [6, 6.07) is 19.9. The van der Waals surface area contributed by atoms with E-state index in [9.17, 15) is 0 Å². The summed E-state index contributed by atoms with van der Waals surface area (Å²) in [5.74, 6) is 1.71. The van der Waals surface area contributed by atoms with Crippen molar-refractivity contribution in [2.75, 3.05) is 20.2 Å². The van der Waals surface area contributed by atoms with Gasteiger partial charge < -0.3 is 9.14 Å². The van der Waals surface area contributed by atoms with Gasteiger partial charge in [0.15, 0.2) is 0 Å². The number of hydrogen-bond donors (Lipinski definition) is 0. The SMILES string of the molecule is COc1ccc2c(c1)CCCC(c1ccccc1C)=C2c1ccn2cc(CN3CC[C@H](C)C3)nc2c1. The number of aryl methyl sites for hydroxylation is 2. The van der Waals surface area contributed by atoms with E-state index in [2.05, 4.69) is 90.1 Å². The molecule has 0 N–H and O–H groups in total. The molecule has 0 radical (unpaired) electrons. The van der Waals surface area contributed by atoms with Crippen molar-refractivity contribution < 1.29 is 4.74 Å². The van der Waals surface area contributed by atoms with Gasteiger partial charge in [0.25, 0.3) is 0 Å². The number of pyridine rings is 1. The Bertz CT molecular complexity index is 1450. The molecule has 4 heteroatoms. The van der Waals surface area contributed by atoms with E-state index in [1.165, 1.54) is 58.5 Å². The van der Waals surface area contributed by atoms with Crippen LogP contribution >= 0.6 is 0 Å². The third kappa shape index (κ3) is 4.35. The fraction of sp³-hybridized carbons (Fsp3) is 0.344. The molecular weight excluding hydrogens is 442 g/mol. The average Bonchev–Trinajstić information content (AvgIpc) is 3.43. The van der Waals surface area contributed by atoms with Gasteiger partial charge in [-0.3, -0.25) is 4.90 Å². The van der Waals surface area contributed by atoms with Crippen LogP contribution in [-0.2, 0) is 13.0 Å². The summed E-state index contributed by atoms with van der Waals surface area (Å²) in [6.45, 7) is 7.85. The molecule has 184 valence electrons. The topological polar surface area (TPSA) is 29.8 Å². The second-order valence-electron chi connectivity index (χ2n) is 10.6. The molecule has 0 amide bonds. The Morgan fingerprint density at radius 3 is 2.72 bits per heavy atom. The number of likely N-dealkylation sites (tertiary alicyclic amines) is 1. The first-order chi connectivity index (χ1) is 17.6. The van der Waals surface area contributed by atoms with Gasteiger partial charge in [-0.1, -0.05) is 37.3 Å². The number of benzene rings is 2. The highest BCUT2D eigenvalue weighted by Gasteiger charge is 2.23. The molecule has 2 aromatic carbocycles. The van der Waals surface area contributed by atoms with Gasteiger partial charge in [-0.05, 0) is 108 Å². The van der Waals surface area contributed by atoms with Gasteiger partial charge in [0.05, 0.1) is 12.8 Å². The minimum Gasteiger partial charge on any atom is -0.497 e. The third-order valence-corrected chi connectivity index (χ3v) is 7.92. The number of imidazole rings is 1. The molecular formula is C32H35N3O. The Balaban J connectivity index is 1.48. The van der Waals surface area contributed by atoms with Crippen molar-refractivity contribution in [3.63, 3.8) is 0 Å². The Morgan fingerprint density at radius 1 is 1.03 bits per heavy atom. The van der Waals surface area contributed by atoms with Crippen LogP contribution in [0, 0.1) is 12.8 Å². The molecule has 1 aliphatic heterocycles. The molecule has 4 aromatic rings. The maximum atomic E-state index is 5.58. The highest BCUT2D eigenvalue weighted by molar-refractivity contribution is 6.00. The molecule has 1 aliphatic carbocycles. The lowest BCUT2D eigenvalue weighted by Crippen LogP contribution is -2.19. The smallest absolute Gasteiger partial charge is 0.137 e. The first-order valence-electron chi connectivity index (χ1n) is 13.3. The summed E-state index contributed by atoms with van der Waals surface area (Å²) in [5.41, 5.74) is 11.5. The first kappa shape index (κ1) is 23.1. The number of aromatic nitrogens is 2. The minimum absolute atomic E-state index is 0.786. The van der Waals surface area contributed by atoms with Crippen molar-refractivity contribution in [3.8, 4) is 5.75 Å². The molecule has 1 fully saturated rings. The summed E-state index contributed by atoms with van der Waals surface area (Å²) in [4.78, 5) is 7.59. The Hall–Kier alpha value is -3.37. The molecule has 0 unspecified atom stereocenters. The van der Waals surface area contributed by atoms with Gasteiger partial charge in [-0.25, -0.2) is 4.98 Å². The van der Waals surface area contributed by atoms with Crippen LogP contribution in [-0.4, -0.2) is 34.5 Å². The van der Waals surface area contributed by atoms with Crippen molar-refractivity contribution in [3.05, 3.63) is 101 Å². The van der Waals surface area contributed by atoms with Crippen LogP contribution < -0.4 is 4.74 Å². The van der Waals surface area contributed by atoms with Gasteiger partial charge in [-0.2, -0.15) is 0 Å². The average molecular weight is 478 g/mol. The van der Waals surface area contributed by atoms with E-state index in [4.69, 9.17) is 9.72 Å². The second-order valence-corrected chi connectivity index (χ2v) is 10.6. The van der Waals surface area contributed by atoms with E-state index >= 15 is 0 Å². The highest BCUT2D eigenvalue weighted by Crippen LogP contribution is 2.41. The predicted molar refractivity (Wildman–Crippen MR) is 147 cm³/mol. The van der Waals surface area contributed by atoms with E-state index in [1.807, 2.05) is 0 Å². The maximum absolute atomic E-state index is 5.58. The van der Waals surface area contributed by atoms with E-state index in [1.54, 1.807) is 7.11 Å². The summed E-state index contributed by atoms with van der Waals surface area (Å²) in [6.07, 6.45) is 8.90. The zero-order valence-electron chi connectivity index (χ0n) is 21.6. The Kier molecular flexibility index (Phi) is 6.14. The van der Waals surface area contributed by atoms with Crippen molar-refractivity contribution in [2.24, 2.45) is 5.92 Å². The molecule has 2 aromatic heterocycles. The third-order valence-electron chi connectivity index (χ3n) is 7.92. The standard InChI is InChI=1S/C32H35N3O/c1-22-13-15-34(19-22)20-26-21-35-16-14-25(18-31(35)33-26)32-29-12-11-27(36-3)17-24(29)8-6-10-30(32)28-9-5-4-7-23(28)2/h4-5,7,9,11-12,14,16-18,21-22H,6,8,10,13,15,19-20H2,1-3H3/t22-/m0/s1. The minimum atomic E-state index is 0.786. The molecule has 1 saturated heterocycles. The fourth-order valence-electron chi connectivity index (χ4n) is 6.07. The molecule has 0 bridgehead atoms. The van der Waals surface area contributed by atoms with Crippen molar-refractivity contribution in [1.29, 1.82) is 0 Å². The maximum Gasteiger partial charge on any atom is 0.137 e. The molecule has 36 heavy (non-hydrogen) atoms. The van der Waals surface area contributed by atoms with Gasteiger partial charge in [-0.15, -0.1) is 0 Å². The molecule has 0 spiro atoms. The first-order valence-corrected chi connectivity index (χ1v) is 13.3. The number of hydrogen-bond acceptors (Lipinski definition) is 3. The van der Waals surface area contributed by atoms with Crippen LogP contribution in [0.5, 0.6) is 5.75 Å². The van der Waals surface area contributed by atoms with Crippen LogP contribution in [0.3, 0.4) is 0 Å². The van der Waals surface area contributed by atoms with Crippen LogP contribution in [0.25, 0.3) is 16.8 Å². The van der Waals surface area contributed by atoms with Gasteiger partial charge in [0.2, 0.25) is 0 Å². The van der Waals surface area contributed by atoms with E-state index < -0.39 is 0 Å². The number of ether oxygens (including phenoxy) is 1.